The summed E-state index contributed by atoms with van der Waals surface area (Å²) < 4.78 is 10.9. The summed E-state index contributed by atoms with van der Waals surface area (Å²) >= 11 is 12.5. The fourth-order valence-corrected chi connectivity index (χ4v) is 4.50. The molecule has 0 bridgehead atoms. The molecule has 1 aliphatic rings. The van der Waals surface area contributed by atoms with Crippen molar-refractivity contribution < 1.29 is 14.3 Å². The normalized spacial score (nSPS) is 13.9. The van der Waals surface area contributed by atoms with Crippen LogP contribution >= 0.6 is 23.2 Å². The van der Waals surface area contributed by atoms with Crippen molar-refractivity contribution in [2.24, 2.45) is 0 Å². The van der Waals surface area contributed by atoms with Gasteiger partial charge in [0.2, 0.25) is 0 Å². The number of fused-ring (bicyclic) bond motifs is 2. The van der Waals surface area contributed by atoms with Crippen molar-refractivity contribution in [2.75, 3.05) is 7.11 Å². The third-order valence-corrected chi connectivity index (χ3v) is 5.96. The number of aromatic nitrogens is 5. The molecule has 0 unspecified atom stereocenters. The van der Waals surface area contributed by atoms with Gasteiger partial charge >= 0.3 is 6.09 Å². The first-order valence-corrected chi connectivity index (χ1v) is 10.5. The maximum atomic E-state index is 11.7. The van der Waals surface area contributed by atoms with Gasteiger partial charge in [-0.15, -0.1) is 0 Å². The lowest BCUT2D eigenvalue weighted by atomic mass is 10.1. The predicted molar refractivity (Wildman–Crippen MR) is 119 cm³/mol. The zero-order valence-electron chi connectivity index (χ0n) is 17.1. The van der Waals surface area contributed by atoms with Gasteiger partial charge in [0, 0.05) is 23.3 Å². The molecule has 1 aliphatic heterocycles. The molecule has 11 heteroatoms. The topological polar surface area (TPSA) is 109 Å². The second kappa shape index (κ2) is 7.99. The molecule has 2 N–H and O–H groups in total. The molecule has 164 valence electrons. The van der Waals surface area contributed by atoms with Gasteiger partial charge in [0.05, 0.1) is 47.1 Å². The van der Waals surface area contributed by atoms with E-state index in [0.29, 0.717) is 46.0 Å². The number of nitrogens with one attached hydrogen (secondary N) is 2. The van der Waals surface area contributed by atoms with Gasteiger partial charge in [-0.25, -0.2) is 9.78 Å². The van der Waals surface area contributed by atoms with Crippen molar-refractivity contribution >= 4 is 40.2 Å². The Morgan fingerprint density at radius 1 is 1.22 bits per heavy atom. The van der Waals surface area contributed by atoms with Crippen LogP contribution in [0, 0.1) is 0 Å². The number of benzene rings is 1. The first-order chi connectivity index (χ1) is 15.4. The molecule has 32 heavy (non-hydrogen) atoms. The number of carbonyl (C=O) groups excluding carboxylic acids is 1. The molecule has 0 saturated heterocycles. The number of halogens is 2. The Morgan fingerprint density at radius 3 is 2.72 bits per heavy atom. The lowest BCUT2D eigenvalue weighted by molar-refractivity contribution is 0.122. The molecular weight excluding hydrogens is 455 g/mol. The molecule has 0 saturated carbocycles. The van der Waals surface area contributed by atoms with Crippen molar-refractivity contribution in [3.8, 4) is 17.3 Å². The summed E-state index contributed by atoms with van der Waals surface area (Å²) in [4.78, 5) is 25.2. The van der Waals surface area contributed by atoms with Crippen LogP contribution in [0.2, 0.25) is 10.0 Å². The monoisotopic (exact) mass is 472 g/mol. The zero-order valence-corrected chi connectivity index (χ0v) is 18.7. The van der Waals surface area contributed by atoms with Crippen molar-refractivity contribution in [3.05, 3.63) is 57.6 Å². The fraction of sp³-hybridized carbons (Fsp3) is 0.238. The van der Waals surface area contributed by atoms with E-state index in [1.807, 2.05) is 25.1 Å². The molecule has 1 aromatic carbocycles. The van der Waals surface area contributed by atoms with Gasteiger partial charge in [-0.05, 0) is 25.1 Å². The lowest BCUT2D eigenvalue weighted by Gasteiger charge is -2.17. The van der Waals surface area contributed by atoms with Crippen LogP contribution in [-0.2, 0) is 17.8 Å². The van der Waals surface area contributed by atoms with E-state index < -0.39 is 0 Å². The molecular formula is C21H18Cl2N6O3. The first kappa shape index (κ1) is 20.6. The molecule has 1 atom stereocenters. The molecule has 0 fully saturated rings. The second-order valence-corrected chi connectivity index (χ2v) is 8.21. The summed E-state index contributed by atoms with van der Waals surface area (Å²) in [5.74, 6) is 1.25. The minimum atomic E-state index is -0.387. The Bertz CT molecular complexity index is 1290. The number of hydrogen-bond donors (Lipinski definition) is 2. The van der Waals surface area contributed by atoms with Crippen molar-refractivity contribution in [1.82, 2.24) is 30.0 Å². The average Bonchev–Trinajstić information content (AvgIpc) is 3.45. The Balaban J connectivity index is 1.43. The van der Waals surface area contributed by atoms with E-state index in [1.165, 1.54) is 19.5 Å². The Hall–Kier alpha value is -3.30. The number of hydrogen-bond acceptors (Lipinski definition) is 6. The van der Waals surface area contributed by atoms with Crippen LogP contribution in [0.25, 0.3) is 22.4 Å². The van der Waals surface area contributed by atoms with E-state index in [-0.39, 0.29) is 12.2 Å². The smallest absolute Gasteiger partial charge is 0.410 e. The SMILES string of the molecule is COC(=O)N1Cc2nc(-c3n[nH]c4ccc(O[C@H](C)c5c(Cl)cncc5Cl)cc34)[nH]c2C1. The Kier molecular flexibility index (Phi) is 5.15. The summed E-state index contributed by atoms with van der Waals surface area (Å²) in [7, 11) is 1.36. The Morgan fingerprint density at radius 2 is 2.00 bits per heavy atom. The molecule has 0 radical (unpaired) electrons. The zero-order chi connectivity index (χ0) is 22.4. The standard InChI is InChI=1S/C21H18Cl2N6O3/c1-10(18-13(22)6-24-7-14(18)23)32-11-3-4-15-12(5-11)19(28-27-15)20-25-16-8-29(21(30)31-2)9-17(16)26-20/h3-7,10H,8-9H2,1-2H3,(H,25,26)(H,27,28)/t10-/m1/s1. The fourth-order valence-electron chi connectivity index (χ4n) is 3.82. The average molecular weight is 473 g/mol. The quantitative estimate of drug-likeness (QED) is 0.438. The number of carbonyl (C=O) groups is 1. The van der Waals surface area contributed by atoms with Crippen molar-refractivity contribution in [3.63, 3.8) is 0 Å². The minimum Gasteiger partial charge on any atom is -0.486 e. The van der Waals surface area contributed by atoms with E-state index >= 15 is 0 Å². The number of amides is 1. The number of pyridine rings is 1. The largest absolute Gasteiger partial charge is 0.486 e. The predicted octanol–water partition coefficient (Wildman–Crippen LogP) is 4.88. The van der Waals surface area contributed by atoms with Gasteiger partial charge in [-0.2, -0.15) is 5.10 Å². The summed E-state index contributed by atoms with van der Waals surface area (Å²) in [5, 5.41) is 9.18. The highest BCUT2D eigenvalue weighted by Gasteiger charge is 2.28. The van der Waals surface area contributed by atoms with Crippen molar-refractivity contribution in [2.45, 2.75) is 26.1 Å². The number of rotatable bonds is 4. The van der Waals surface area contributed by atoms with Crippen LogP contribution in [0.3, 0.4) is 0 Å². The van der Waals surface area contributed by atoms with Gasteiger partial charge in [0.25, 0.3) is 0 Å². The molecule has 0 spiro atoms. The van der Waals surface area contributed by atoms with Crippen LogP contribution < -0.4 is 4.74 Å². The van der Waals surface area contributed by atoms with E-state index in [1.54, 1.807) is 4.90 Å². The van der Waals surface area contributed by atoms with E-state index in [2.05, 4.69) is 25.1 Å². The third-order valence-electron chi connectivity index (χ3n) is 5.36. The summed E-state index contributed by atoms with van der Waals surface area (Å²) in [6.07, 6.45) is 2.31. The maximum absolute atomic E-state index is 11.7. The highest BCUT2D eigenvalue weighted by Crippen LogP contribution is 2.35. The maximum Gasteiger partial charge on any atom is 0.410 e. The number of nitrogens with zero attached hydrogens (tertiary/aromatic N) is 4. The molecule has 9 nitrogen and oxygen atoms in total. The van der Waals surface area contributed by atoms with Gasteiger partial charge in [0.1, 0.15) is 17.5 Å². The second-order valence-electron chi connectivity index (χ2n) is 7.39. The van der Waals surface area contributed by atoms with Gasteiger partial charge in [0.15, 0.2) is 5.82 Å². The van der Waals surface area contributed by atoms with Crippen LogP contribution in [0.15, 0.2) is 30.6 Å². The number of H-pyrrole nitrogens is 2. The number of aromatic amines is 2. The number of ether oxygens (including phenoxy) is 2. The Labute approximate surface area is 192 Å². The van der Waals surface area contributed by atoms with Gasteiger partial charge in [-0.3, -0.25) is 15.0 Å². The van der Waals surface area contributed by atoms with Crippen molar-refractivity contribution in [1.29, 1.82) is 0 Å². The van der Waals surface area contributed by atoms with Crippen LogP contribution in [-0.4, -0.2) is 43.3 Å². The summed E-state index contributed by atoms with van der Waals surface area (Å²) in [6, 6.07) is 5.63. The molecule has 1 amide bonds. The minimum absolute atomic E-state index is 0.381. The number of imidazole rings is 1. The lowest BCUT2D eigenvalue weighted by Crippen LogP contribution is -2.25. The summed E-state index contributed by atoms with van der Waals surface area (Å²) in [5.41, 5.74) is 3.84. The highest BCUT2D eigenvalue weighted by molar-refractivity contribution is 6.35. The third kappa shape index (κ3) is 3.53. The van der Waals surface area contributed by atoms with Crippen LogP contribution in [0.5, 0.6) is 5.75 Å². The van der Waals surface area contributed by atoms with Crippen LogP contribution in [0.4, 0.5) is 4.79 Å². The first-order valence-electron chi connectivity index (χ1n) is 9.79. The van der Waals surface area contributed by atoms with Gasteiger partial charge in [-0.1, -0.05) is 23.2 Å². The molecule has 4 aromatic rings. The van der Waals surface area contributed by atoms with Crippen LogP contribution in [0.1, 0.15) is 30.0 Å². The molecule has 3 aromatic heterocycles. The van der Waals surface area contributed by atoms with E-state index in [4.69, 9.17) is 32.7 Å². The molecule has 4 heterocycles. The summed E-state index contributed by atoms with van der Waals surface area (Å²) in [6.45, 7) is 2.68. The van der Waals surface area contributed by atoms with E-state index in [9.17, 15) is 4.79 Å². The number of methoxy groups -OCH3 is 1. The van der Waals surface area contributed by atoms with Gasteiger partial charge < -0.3 is 14.5 Å². The van der Waals surface area contributed by atoms with E-state index in [0.717, 1.165) is 22.3 Å². The molecule has 5 rings (SSSR count). The molecule has 0 aliphatic carbocycles. The highest BCUT2D eigenvalue weighted by atomic mass is 35.5.